The van der Waals surface area contributed by atoms with E-state index in [0.717, 1.165) is 0 Å². The molecule has 1 aliphatic heterocycles. The Labute approximate surface area is 179 Å². The molecule has 9 heteroatoms. The molecule has 6 nitrogen and oxygen atoms in total. The molecule has 2 aromatic rings. The monoisotopic (exact) mass is 454 g/mol. The number of hydrogen-bond donors (Lipinski definition) is 1. The number of carbonyl (C=O) groups is 2. The molecule has 0 radical (unpaired) electrons. The number of aryl methyl sites for hydroxylation is 1. The van der Waals surface area contributed by atoms with Crippen molar-refractivity contribution < 1.29 is 18.0 Å². The van der Waals surface area contributed by atoms with Gasteiger partial charge in [-0.3, -0.25) is 9.59 Å². The van der Waals surface area contributed by atoms with Gasteiger partial charge in [-0.05, 0) is 49.6 Å². The minimum atomic E-state index is -4.04. The number of nitrogens with one attached hydrogen (secondary N) is 1. The van der Waals surface area contributed by atoms with Crippen molar-refractivity contribution >= 4 is 45.0 Å². The normalized spacial score (nSPS) is 18.8. The second-order valence-electron chi connectivity index (χ2n) is 7.18. The van der Waals surface area contributed by atoms with Crippen LogP contribution in [0.1, 0.15) is 24.5 Å². The molecular weight excluding hydrogens is 435 g/mol. The summed E-state index contributed by atoms with van der Waals surface area (Å²) in [6.07, 6.45) is 0.353. The zero-order valence-electron chi connectivity index (χ0n) is 15.9. The van der Waals surface area contributed by atoms with Crippen molar-refractivity contribution in [1.82, 2.24) is 9.62 Å². The molecule has 2 amide bonds. The molecule has 1 N–H and O–H groups in total. The van der Waals surface area contributed by atoms with Crippen LogP contribution in [0.2, 0.25) is 10.0 Å². The number of nitrogens with zero attached hydrogens (tertiary/aromatic N) is 1. The van der Waals surface area contributed by atoms with Crippen molar-refractivity contribution in [3.63, 3.8) is 0 Å². The SMILES string of the molecule is Cc1ccccc1S(=O)(=O)NC(=O)C1(C)CCN1C(=O)Cc1ccc(Cl)cc1Cl. The first-order valence-corrected chi connectivity index (χ1v) is 11.2. The van der Waals surface area contributed by atoms with Gasteiger partial charge in [0.15, 0.2) is 0 Å². The Morgan fingerprint density at radius 1 is 1.17 bits per heavy atom. The summed E-state index contributed by atoms with van der Waals surface area (Å²) < 4.78 is 27.4. The van der Waals surface area contributed by atoms with Gasteiger partial charge in [-0.25, -0.2) is 13.1 Å². The average molecular weight is 455 g/mol. The lowest BCUT2D eigenvalue weighted by atomic mass is 9.85. The fourth-order valence-electron chi connectivity index (χ4n) is 3.26. The number of sulfonamides is 1. The van der Waals surface area contributed by atoms with Crippen LogP contribution in [-0.4, -0.2) is 37.2 Å². The zero-order chi connectivity index (χ0) is 21.4. The van der Waals surface area contributed by atoms with E-state index in [0.29, 0.717) is 34.1 Å². The van der Waals surface area contributed by atoms with E-state index in [1.807, 2.05) is 0 Å². The van der Waals surface area contributed by atoms with Gasteiger partial charge in [-0.2, -0.15) is 0 Å². The average Bonchev–Trinajstić information content (AvgIpc) is 2.62. The molecule has 0 bridgehead atoms. The Hall–Kier alpha value is -2.09. The zero-order valence-corrected chi connectivity index (χ0v) is 18.2. The van der Waals surface area contributed by atoms with Crippen molar-refractivity contribution in [1.29, 1.82) is 0 Å². The molecule has 1 saturated heterocycles. The van der Waals surface area contributed by atoms with Gasteiger partial charge in [-0.15, -0.1) is 0 Å². The first kappa shape index (κ1) is 21.6. The van der Waals surface area contributed by atoms with Crippen LogP contribution in [0, 0.1) is 6.92 Å². The van der Waals surface area contributed by atoms with Crippen LogP contribution in [0.15, 0.2) is 47.4 Å². The maximum Gasteiger partial charge on any atom is 0.264 e. The molecule has 1 unspecified atom stereocenters. The fourth-order valence-corrected chi connectivity index (χ4v) is 5.06. The fraction of sp³-hybridized carbons (Fsp3) is 0.300. The van der Waals surface area contributed by atoms with Crippen LogP contribution in [0.3, 0.4) is 0 Å². The van der Waals surface area contributed by atoms with Crippen molar-refractivity contribution in [2.45, 2.75) is 37.1 Å². The summed E-state index contributed by atoms with van der Waals surface area (Å²) in [5, 5.41) is 0.820. The van der Waals surface area contributed by atoms with Crippen molar-refractivity contribution in [3.8, 4) is 0 Å². The van der Waals surface area contributed by atoms with Crippen molar-refractivity contribution in [3.05, 3.63) is 63.6 Å². The maximum atomic E-state index is 12.8. The molecule has 1 aliphatic rings. The van der Waals surface area contributed by atoms with E-state index in [4.69, 9.17) is 23.2 Å². The number of benzene rings is 2. The lowest BCUT2D eigenvalue weighted by Gasteiger charge is -2.49. The Balaban J connectivity index is 1.75. The predicted molar refractivity (Wildman–Crippen MR) is 111 cm³/mol. The van der Waals surface area contributed by atoms with E-state index in [1.165, 1.54) is 11.0 Å². The largest absolute Gasteiger partial charge is 0.328 e. The quantitative estimate of drug-likeness (QED) is 0.750. The summed E-state index contributed by atoms with van der Waals surface area (Å²) in [7, 11) is -4.04. The number of hydrogen-bond acceptors (Lipinski definition) is 4. The minimum Gasteiger partial charge on any atom is -0.328 e. The van der Waals surface area contributed by atoms with Gasteiger partial charge in [-0.1, -0.05) is 47.5 Å². The number of halogens is 2. The van der Waals surface area contributed by atoms with Gasteiger partial charge in [0.1, 0.15) is 5.54 Å². The molecule has 0 saturated carbocycles. The highest BCUT2D eigenvalue weighted by Crippen LogP contribution is 2.33. The number of rotatable bonds is 5. The molecular formula is C20H20Cl2N2O4S. The lowest BCUT2D eigenvalue weighted by Crippen LogP contribution is -2.68. The van der Waals surface area contributed by atoms with Crippen LogP contribution in [0.4, 0.5) is 0 Å². The third-order valence-electron chi connectivity index (χ3n) is 5.18. The van der Waals surface area contributed by atoms with Crippen LogP contribution >= 0.6 is 23.2 Å². The molecule has 0 spiro atoms. The number of likely N-dealkylation sites (tertiary alicyclic amines) is 1. The first-order chi connectivity index (χ1) is 13.5. The summed E-state index contributed by atoms with van der Waals surface area (Å²) in [5.74, 6) is -1.05. The summed E-state index contributed by atoms with van der Waals surface area (Å²) in [6, 6.07) is 11.2. The number of carbonyl (C=O) groups excluding carboxylic acids is 2. The van der Waals surface area contributed by atoms with E-state index in [1.54, 1.807) is 50.2 Å². The second kappa shape index (κ2) is 7.97. The van der Waals surface area contributed by atoms with Gasteiger partial charge in [0.05, 0.1) is 11.3 Å². The van der Waals surface area contributed by atoms with Crippen LogP contribution in [-0.2, 0) is 26.0 Å². The van der Waals surface area contributed by atoms with Gasteiger partial charge in [0, 0.05) is 16.6 Å². The van der Waals surface area contributed by atoms with E-state index < -0.39 is 21.5 Å². The molecule has 1 atom stereocenters. The molecule has 2 aromatic carbocycles. The summed E-state index contributed by atoms with van der Waals surface area (Å²) >= 11 is 12.0. The third kappa shape index (κ3) is 4.27. The highest BCUT2D eigenvalue weighted by Gasteiger charge is 2.50. The molecule has 154 valence electrons. The van der Waals surface area contributed by atoms with Gasteiger partial charge < -0.3 is 4.90 Å². The standard InChI is InChI=1S/C20H20Cl2N2O4S/c1-13-5-3-4-6-17(13)29(27,28)23-19(26)20(2)9-10-24(20)18(25)11-14-7-8-15(21)12-16(14)22/h3-8,12H,9-11H2,1-2H3,(H,23,26). The Morgan fingerprint density at radius 2 is 1.86 bits per heavy atom. The van der Waals surface area contributed by atoms with E-state index in [9.17, 15) is 18.0 Å². The van der Waals surface area contributed by atoms with Gasteiger partial charge >= 0.3 is 0 Å². The van der Waals surface area contributed by atoms with Crippen LogP contribution in [0.5, 0.6) is 0 Å². The third-order valence-corrected chi connectivity index (χ3v) is 7.25. The van der Waals surface area contributed by atoms with E-state index >= 15 is 0 Å². The smallest absolute Gasteiger partial charge is 0.264 e. The maximum absolute atomic E-state index is 12.8. The molecule has 1 heterocycles. The van der Waals surface area contributed by atoms with Crippen LogP contribution in [0.25, 0.3) is 0 Å². The summed E-state index contributed by atoms with van der Waals surface area (Å²) in [6.45, 7) is 3.56. The predicted octanol–water partition coefficient (Wildman–Crippen LogP) is 3.34. The van der Waals surface area contributed by atoms with Crippen LogP contribution < -0.4 is 4.72 Å². The van der Waals surface area contributed by atoms with E-state index in [-0.39, 0.29) is 17.2 Å². The Bertz CT molecular complexity index is 1090. The van der Waals surface area contributed by atoms with E-state index in [2.05, 4.69) is 4.72 Å². The highest BCUT2D eigenvalue weighted by molar-refractivity contribution is 7.90. The van der Waals surface area contributed by atoms with Gasteiger partial charge in [0.2, 0.25) is 5.91 Å². The number of amides is 2. The molecule has 1 fully saturated rings. The summed E-state index contributed by atoms with van der Waals surface area (Å²) in [5.41, 5.74) is -0.133. The van der Waals surface area contributed by atoms with Gasteiger partial charge in [0.25, 0.3) is 15.9 Å². The molecule has 29 heavy (non-hydrogen) atoms. The molecule has 0 aromatic heterocycles. The Morgan fingerprint density at radius 3 is 2.45 bits per heavy atom. The summed E-state index contributed by atoms with van der Waals surface area (Å²) in [4.78, 5) is 27.0. The molecule has 0 aliphatic carbocycles. The minimum absolute atomic E-state index is 0.0105. The second-order valence-corrected chi connectivity index (χ2v) is 9.68. The first-order valence-electron chi connectivity index (χ1n) is 8.92. The Kier molecular flexibility index (Phi) is 5.94. The molecule has 3 rings (SSSR count). The van der Waals surface area contributed by atoms with Crippen molar-refractivity contribution in [2.24, 2.45) is 0 Å². The highest BCUT2D eigenvalue weighted by atomic mass is 35.5. The lowest BCUT2D eigenvalue weighted by molar-refractivity contribution is -0.156. The topological polar surface area (TPSA) is 83.6 Å². The van der Waals surface area contributed by atoms with Crippen molar-refractivity contribution in [2.75, 3.05) is 6.54 Å².